The van der Waals surface area contributed by atoms with E-state index < -0.39 is 35.5 Å². The first kappa shape index (κ1) is 25.8. The molecule has 3 fully saturated rings. The maximum absolute atomic E-state index is 13.4. The Kier molecular flexibility index (Phi) is 6.58. The number of ether oxygens (including phenoxy) is 1. The molecule has 1 aromatic rings. The van der Waals surface area contributed by atoms with Gasteiger partial charge in [0.1, 0.15) is 6.61 Å². The third kappa shape index (κ3) is 3.84. The minimum Gasteiger partial charge on any atom is -0.450 e. The highest BCUT2D eigenvalue weighted by Gasteiger charge is 2.70. The van der Waals surface area contributed by atoms with E-state index in [1.165, 1.54) is 0 Å². The Morgan fingerprint density at radius 1 is 1.11 bits per heavy atom. The Morgan fingerprint density at radius 3 is 2.53 bits per heavy atom. The van der Waals surface area contributed by atoms with Gasteiger partial charge in [-0.1, -0.05) is 47.5 Å². The molecule has 7 atom stereocenters. The average molecular weight is 559 g/mol. The summed E-state index contributed by atoms with van der Waals surface area (Å²) in [4.78, 5) is 38.6. The molecule has 0 amide bonds. The number of esters is 1. The van der Waals surface area contributed by atoms with Crippen LogP contribution in [0.5, 0.6) is 0 Å². The number of Topliss-reactive ketones (excluding diaryl/α,β-unsaturated/α-hetero) is 1. The van der Waals surface area contributed by atoms with Gasteiger partial charge in [0, 0.05) is 16.3 Å². The number of carbonyl (C=O) groups is 3. The van der Waals surface area contributed by atoms with E-state index in [2.05, 4.69) is 22.9 Å². The number of ketones is 2. The van der Waals surface area contributed by atoms with E-state index in [-0.39, 0.29) is 35.4 Å². The van der Waals surface area contributed by atoms with Crippen LogP contribution < -0.4 is 0 Å². The SMILES string of the molecule is CC12CCC(=O)C=C1CCC1[C@@H]2C(O)C[C@@]2(C)[C@H]1CC[C@]2(OC(=O)Cc1ccc(Br)cc1)C(=O)CO. The van der Waals surface area contributed by atoms with E-state index in [0.29, 0.717) is 25.7 Å². The Hall–Kier alpha value is -1.83. The summed E-state index contributed by atoms with van der Waals surface area (Å²) < 4.78 is 7.01. The number of aliphatic hydroxyl groups excluding tert-OH is 2. The number of hydrogen-bond acceptors (Lipinski definition) is 6. The summed E-state index contributed by atoms with van der Waals surface area (Å²) in [6, 6.07) is 7.38. The molecule has 0 aromatic heterocycles. The van der Waals surface area contributed by atoms with Gasteiger partial charge in [0.05, 0.1) is 12.5 Å². The van der Waals surface area contributed by atoms with Gasteiger partial charge in [-0.3, -0.25) is 14.4 Å². The van der Waals surface area contributed by atoms with Crippen molar-refractivity contribution >= 4 is 33.5 Å². The molecule has 0 bridgehead atoms. The van der Waals surface area contributed by atoms with Gasteiger partial charge in [0.2, 0.25) is 5.78 Å². The molecule has 0 radical (unpaired) electrons. The first-order valence-corrected chi connectivity index (χ1v) is 13.9. The Morgan fingerprint density at radius 2 is 1.83 bits per heavy atom. The number of benzene rings is 1. The van der Waals surface area contributed by atoms with Crippen molar-refractivity contribution in [2.45, 2.75) is 76.9 Å². The van der Waals surface area contributed by atoms with Crippen LogP contribution in [0.3, 0.4) is 0 Å². The summed E-state index contributed by atoms with van der Waals surface area (Å²) >= 11 is 3.39. The van der Waals surface area contributed by atoms with Crippen LogP contribution in [-0.4, -0.2) is 46.1 Å². The molecular weight excluding hydrogens is 524 g/mol. The number of hydrogen-bond donors (Lipinski definition) is 2. The van der Waals surface area contributed by atoms with Gasteiger partial charge in [-0.05, 0) is 85.5 Å². The van der Waals surface area contributed by atoms with Crippen molar-refractivity contribution in [2.24, 2.45) is 28.6 Å². The molecule has 7 heteroatoms. The molecule has 2 N–H and O–H groups in total. The molecule has 0 heterocycles. The molecule has 4 aliphatic rings. The van der Waals surface area contributed by atoms with Crippen molar-refractivity contribution in [2.75, 3.05) is 6.61 Å². The highest BCUT2D eigenvalue weighted by Crippen LogP contribution is 2.68. The fourth-order valence-electron chi connectivity index (χ4n) is 8.48. The zero-order valence-electron chi connectivity index (χ0n) is 21.0. The number of allylic oxidation sites excluding steroid dienone is 1. The number of carbonyl (C=O) groups excluding carboxylic acids is 3. The molecule has 3 saturated carbocycles. The highest BCUT2D eigenvalue weighted by atomic mass is 79.9. The van der Waals surface area contributed by atoms with Crippen molar-refractivity contribution in [3.05, 3.63) is 46.0 Å². The zero-order chi connectivity index (χ0) is 25.9. The monoisotopic (exact) mass is 558 g/mol. The van der Waals surface area contributed by atoms with Gasteiger partial charge in [-0.2, -0.15) is 0 Å². The van der Waals surface area contributed by atoms with E-state index >= 15 is 0 Å². The Bertz CT molecular complexity index is 1110. The van der Waals surface area contributed by atoms with Crippen molar-refractivity contribution in [1.29, 1.82) is 0 Å². The lowest BCUT2D eigenvalue weighted by Crippen LogP contribution is -2.63. The van der Waals surface area contributed by atoms with Crippen LogP contribution in [0.25, 0.3) is 0 Å². The summed E-state index contributed by atoms with van der Waals surface area (Å²) in [5.74, 6) is -0.563. The number of rotatable bonds is 5. The second-order valence-electron chi connectivity index (χ2n) is 11.8. The van der Waals surface area contributed by atoms with Crippen molar-refractivity contribution in [3.8, 4) is 0 Å². The summed E-state index contributed by atoms with van der Waals surface area (Å²) in [5.41, 5.74) is -0.527. The Labute approximate surface area is 220 Å². The average Bonchev–Trinajstić information content (AvgIpc) is 3.12. The second kappa shape index (κ2) is 9.17. The van der Waals surface area contributed by atoms with E-state index in [1.54, 1.807) is 6.08 Å². The molecule has 0 aliphatic heterocycles. The lowest BCUT2D eigenvalue weighted by Gasteiger charge is -2.60. The Balaban J connectivity index is 1.46. The smallest absolute Gasteiger partial charge is 0.311 e. The molecule has 5 rings (SSSR count). The summed E-state index contributed by atoms with van der Waals surface area (Å²) in [6.07, 6.45) is 5.42. The maximum Gasteiger partial charge on any atom is 0.311 e. The van der Waals surface area contributed by atoms with Crippen LogP contribution in [0.1, 0.15) is 64.4 Å². The molecule has 0 saturated heterocycles. The summed E-state index contributed by atoms with van der Waals surface area (Å²) in [6.45, 7) is 3.46. The van der Waals surface area contributed by atoms with Gasteiger partial charge in [-0.25, -0.2) is 0 Å². The van der Waals surface area contributed by atoms with E-state index in [9.17, 15) is 24.6 Å². The molecule has 6 nitrogen and oxygen atoms in total. The van der Waals surface area contributed by atoms with Gasteiger partial charge in [0.15, 0.2) is 11.4 Å². The lowest BCUT2D eigenvalue weighted by atomic mass is 9.45. The van der Waals surface area contributed by atoms with Crippen molar-refractivity contribution < 1.29 is 29.3 Å². The van der Waals surface area contributed by atoms with Gasteiger partial charge in [0.25, 0.3) is 0 Å². The van der Waals surface area contributed by atoms with Crippen molar-refractivity contribution in [1.82, 2.24) is 0 Å². The van der Waals surface area contributed by atoms with Crippen LogP contribution in [0, 0.1) is 28.6 Å². The minimum absolute atomic E-state index is 0.00201. The molecule has 0 spiro atoms. The number of halogens is 1. The summed E-state index contributed by atoms with van der Waals surface area (Å²) in [7, 11) is 0. The normalized spacial score (nSPS) is 39.5. The number of fused-ring (bicyclic) bond motifs is 5. The molecule has 1 aromatic carbocycles. The van der Waals surface area contributed by atoms with Crippen LogP contribution in [-0.2, 0) is 25.5 Å². The molecule has 3 unspecified atom stereocenters. The molecule has 194 valence electrons. The first-order chi connectivity index (χ1) is 17.0. The standard InChI is InChI=1S/C29H35BrO6/c1-27-11-9-20(32)14-18(27)5-8-21-22-10-12-29(24(34)16-31,28(22,2)15-23(33)26(21)27)36-25(35)13-17-3-6-19(30)7-4-17/h3-4,6-7,14,21-23,26,31,33H,5,8-13,15-16H2,1-2H3/t21?,22-,23?,26+,27?,28-,29-/m0/s1. The van der Waals surface area contributed by atoms with Crippen molar-refractivity contribution in [3.63, 3.8) is 0 Å². The summed E-state index contributed by atoms with van der Waals surface area (Å²) in [5, 5.41) is 21.6. The van der Waals surface area contributed by atoms with E-state index in [1.807, 2.05) is 31.2 Å². The maximum atomic E-state index is 13.4. The lowest BCUT2D eigenvalue weighted by molar-refractivity contribution is -0.201. The highest BCUT2D eigenvalue weighted by molar-refractivity contribution is 9.10. The molecule has 4 aliphatic carbocycles. The third-order valence-electron chi connectivity index (χ3n) is 10.2. The van der Waals surface area contributed by atoms with E-state index in [0.717, 1.165) is 34.9 Å². The van der Waals surface area contributed by atoms with E-state index in [4.69, 9.17) is 4.74 Å². The van der Waals surface area contributed by atoms with Crippen LogP contribution in [0.15, 0.2) is 40.4 Å². The van der Waals surface area contributed by atoms with Crippen LogP contribution in [0.4, 0.5) is 0 Å². The van der Waals surface area contributed by atoms with Gasteiger partial charge < -0.3 is 14.9 Å². The quantitative estimate of drug-likeness (QED) is 0.521. The molecular formula is C29H35BrO6. The fraction of sp³-hybridized carbons (Fsp3) is 0.621. The van der Waals surface area contributed by atoms with Gasteiger partial charge in [-0.15, -0.1) is 0 Å². The zero-order valence-corrected chi connectivity index (χ0v) is 22.6. The van der Waals surface area contributed by atoms with Crippen LogP contribution in [0.2, 0.25) is 0 Å². The fourth-order valence-corrected chi connectivity index (χ4v) is 8.75. The second-order valence-corrected chi connectivity index (χ2v) is 12.7. The third-order valence-corrected chi connectivity index (χ3v) is 10.7. The topological polar surface area (TPSA) is 101 Å². The largest absolute Gasteiger partial charge is 0.450 e. The minimum atomic E-state index is -1.45. The predicted octanol–water partition coefficient (Wildman–Crippen LogP) is 4.34. The number of aliphatic hydroxyl groups is 2. The van der Waals surface area contributed by atoms with Crippen LogP contribution >= 0.6 is 15.9 Å². The predicted molar refractivity (Wildman–Crippen MR) is 137 cm³/mol. The van der Waals surface area contributed by atoms with Gasteiger partial charge >= 0.3 is 5.97 Å². The first-order valence-electron chi connectivity index (χ1n) is 13.1. The molecule has 36 heavy (non-hydrogen) atoms.